The predicted octanol–water partition coefficient (Wildman–Crippen LogP) is 2.17. The minimum atomic E-state index is -0.432. The van der Waals surface area contributed by atoms with Crippen LogP contribution in [0.5, 0.6) is 0 Å². The second-order valence-corrected chi connectivity index (χ2v) is 4.09. The quantitative estimate of drug-likeness (QED) is 0.809. The van der Waals surface area contributed by atoms with Crippen molar-refractivity contribution in [3.05, 3.63) is 0 Å². The van der Waals surface area contributed by atoms with E-state index in [4.69, 9.17) is 5.73 Å². The molecule has 1 fully saturated rings. The number of amides is 2. The Bertz CT molecular complexity index is 217. The van der Waals surface area contributed by atoms with Gasteiger partial charge in [-0.05, 0) is 12.3 Å². The topological polar surface area (TPSA) is 63.4 Å². The molecule has 102 valence electrons. The van der Waals surface area contributed by atoms with Gasteiger partial charge < -0.3 is 10.6 Å². The van der Waals surface area contributed by atoms with Crippen LogP contribution in [0.2, 0.25) is 0 Å². The Morgan fingerprint density at radius 1 is 1.41 bits per heavy atom. The zero-order valence-corrected chi connectivity index (χ0v) is 12.0. The molecule has 1 aliphatic heterocycles. The first-order chi connectivity index (χ1) is 8.01. The highest BCUT2D eigenvalue weighted by molar-refractivity contribution is 5.84. The van der Waals surface area contributed by atoms with Crippen LogP contribution < -0.4 is 5.73 Å². The third-order valence-corrected chi connectivity index (χ3v) is 2.11. The largest absolute Gasteiger partial charge is 0.368 e. The summed E-state index contributed by atoms with van der Waals surface area (Å²) >= 11 is 0. The maximum Gasteiger partial charge on any atom is 0.237 e. The number of carbonyl (C=O) groups excluding carboxylic acids is 2. The molecule has 4 heteroatoms. The molecule has 1 rings (SSSR count). The molecule has 1 unspecified atom stereocenters. The maximum absolute atomic E-state index is 11.3. The Labute approximate surface area is 106 Å². The highest BCUT2D eigenvalue weighted by atomic mass is 16.2. The molecule has 0 aromatic carbocycles. The number of hydrogen-bond acceptors (Lipinski definition) is 2. The second-order valence-electron chi connectivity index (χ2n) is 4.09. The Kier molecular flexibility index (Phi) is 12.3. The molecule has 1 aliphatic rings. The first-order valence-electron chi connectivity index (χ1n) is 6.57. The Morgan fingerprint density at radius 3 is 2.24 bits per heavy atom. The van der Waals surface area contributed by atoms with E-state index in [2.05, 4.69) is 13.8 Å². The van der Waals surface area contributed by atoms with Gasteiger partial charge in [0.2, 0.25) is 11.8 Å². The van der Waals surface area contributed by atoms with Gasteiger partial charge in [-0.2, -0.15) is 0 Å². The highest BCUT2D eigenvalue weighted by Gasteiger charge is 2.23. The number of likely N-dealkylation sites (tertiary alicyclic amines) is 1. The van der Waals surface area contributed by atoms with Gasteiger partial charge in [-0.25, -0.2) is 0 Å². The molecular weight excluding hydrogens is 216 g/mol. The lowest BCUT2D eigenvalue weighted by Gasteiger charge is -2.28. The molecule has 0 aliphatic carbocycles. The fourth-order valence-corrected chi connectivity index (χ4v) is 1.39. The highest BCUT2D eigenvalue weighted by Crippen LogP contribution is 2.16. The van der Waals surface area contributed by atoms with E-state index in [0.717, 1.165) is 6.42 Å². The van der Waals surface area contributed by atoms with Gasteiger partial charge in [0.05, 0.1) is 6.54 Å². The van der Waals surface area contributed by atoms with Crippen molar-refractivity contribution in [1.82, 2.24) is 4.90 Å². The van der Waals surface area contributed by atoms with Gasteiger partial charge in [0.15, 0.2) is 0 Å². The zero-order chi connectivity index (χ0) is 13.8. The molecule has 2 N–H and O–H groups in total. The van der Waals surface area contributed by atoms with Crippen molar-refractivity contribution in [2.75, 3.05) is 13.1 Å². The van der Waals surface area contributed by atoms with Gasteiger partial charge in [0.1, 0.15) is 0 Å². The molecule has 0 bridgehead atoms. The third-order valence-electron chi connectivity index (χ3n) is 2.11. The number of piperidine rings is 1. The smallest absolute Gasteiger partial charge is 0.237 e. The van der Waals surface area contributed by atoms with E-state index in [1.165, 1.54) is 11.3 Å². The average Bonchev–Trinajstić information content (AvgIpc) is 2.26. The van der Waals surface area contributed by atoms with Crippen LogP contribution in [0.4, 0.5) is 0 Å². The first kappa shape index (κ1) is 18.3. The summed E-state index contributed by atoms with van der Waals surface area (Å²) in [5.41, 5.74) is 4.99. The molecule has 0 aromatic rings. The predicted molar refractivity (Wildman–Crippen MR) is 71.5 cm³/mol. The van der Waals surface area contributed by atoms with Gasteiger partial charge in [0.25, 0.3) is 0 Å². The van der Waals surface area contributed by atoms with Crippen LogP contribution >= 0.6 is 0 Å². The summed E-state index contributed by atoms with van der Waals surface area (Å²) in [6, 6.07) is 0. The van der Waals surface area contributed by atoms with Crippen molar-refractivity contribution in [2.24, 2.45) is 11.7 Å². The first-order valence-corrected chi connectivity index (χ1v) is 6.57. The van der Waals surface area contributed by atoms with Crippen LogP contribution in [0.1, 0.15) is 53.9 Å². The molecule has 1 heterocycles. The van der Waals surface area contributed by atoms with Crippen molar-refractivity contribution in [1.29, 1.82) is 0 Å². The molecule has 0 aromatic heterocycles. The lowest BCUT2D eigenvalue weighted by Crippen LogP contribution is -2.43. The van der Waals surface area contributed by atoms with Crippen molar-refractivity contribution in [3.8, 4) is 0 Å². The normalized spacial score (nSPS) is 18.5. The van der Waals surface area contributed by atoms with Crippen LogP contribution in [0.25, 0.3) is 0 Å². The fourth-order valence-electron chi connectivity index (χ4n) is 1.39. The Morgan fingerprint density at radius 2 is 1.88 bits per heavy atom. The summed E-state index contributed by atoms with van der Waals surface area (Å²) < 4.78 is 0. The van der Waals surface area contributed by atoms with Crippen molar-refractivity contribution < 1.29 is 9.59 Å². The van der Waals surface area contributed by atoms with Gasteiger partial charge in [-0.3, -0.25) is 9.59 Å². The van der Waals surface area contributed by atoms with E-state index < -0.39 is 5.91 Å². The minimum Gasteiger partial charge on any atom is -0.368 e. The summed E-state index contributed by atoms with van der Waals surface area (Å²) in [6.45, 7) is 11.0. The van der Waals surface area contributed by atoms with Gasteiger partial charge >= 0.3 is 0 Å². The van der Waals surface area contributed by atoms with Crippen LogP contribution in [-0.4, -0.2) is 29.8 Å². The molecule has 0 radical (unpaired) electrons. The summed E-state index contributed by atoms with van der Waals surface area (Å²) in [5, 5.41) is 0. The summed E-state index contributed by atoms with van der Waals surface area (Å²) in [5.74, 6) is 0.0621. The second kappa shape index (κ2) is 11.4. The number of primary amides is 1. The summed E-state index contributed by atoms with van der Waals surface area (Å²) in [4.78, 5) is 23.3. The standard InChI is InChI=1S/C8H14N2O2.C3H8.C2H6/c1-6-2-3-10(5-7(9)11)8(12)4-6;1-3-2;1-2/h6H,2-5H2,1H3,(H2,9,11);3H2,1-2H3;1-2H3. The molecular formula is C13H28N2O2. The van der Waals surface area contributed by atoms with Crippen LogP contribution in [0.15, 0.2) is 0 Å². The average molecular weight is 244 g/mol. The molecule has 0 saturated carbocycles. The third kappa shape index (κ3) is 9.85. The van der Waals surface area contributed by atoms with Crippen molar-refractivity contribution in [2.45, 2.75) is 53.9 Å². The number of carbonyl (C=O) groups is 2. The molecule has 2 amide bonds. The maximum atomic E-state index is 11.3. The van der Waals surface area contributed by atoms with Crippen molar-refractivity contribution >= 4 is 11.8 Å². The van der Waals surface area contributed by atoms with Crippen molar-refractivity contribution in [3.63, 3.8) is 0 Å². The fraction of sp³-hybridized carbons (Fsp3) is 0.846. The van der Waals surface area contributed by atoms with Gasteiger partial charge in [0, 0.05) is 13.0 Å². The van der Waals surface area contributed by atoms with Crippen LogP contribution in [-0.2, 0) is 9.59 Å². The molecule has 17 heavy (non-hydrogen) atoms. The summed E-state index contributed by atoms with van der Waals surface area (Å²) in [6.07, 6.45) is 2.77. The molecule has 1 saturated heterocycles. The minimum absolute atomic E-state index is 0.0487. The SMILES string of the molecule is CC.CC1CCN(CC(N)=O)C(=O)C1.CCC. The summed E-state index contributed by atoms with van der Waals surface area (Å²) in [7, 11) is 0. The Hall–Kier alpha value is -1.06. The van der Waals surface area contributed by atoms with E-state index >= 15 is 0 Å². The lowest BCUT2D eigenvalue weighted by molar-refractivity contribution is -0.138. The van der Waals surface area contributed by atoms with Crippen LogP contribution in [0.3, 0.4) is 0 Å². The number of nitrogens with zero attached hydrogens (tertiary/aromatic N) is 1. The number of hydrogen-bond donors (Lipinski definition) is 1. The van der Waals surface area contributed by atoms with E-state index in [0.29, 0.717) is 18.9 Å². The van der Waals surface area contributed by atoms with Gasteiger partial charge in [-0.15, -0.1) is 0 Å². The zero-order valence-electron chi connectivity index (χ0n) is 12.0. The molecule has 4 nitrogen and oxygen atoms in total. The van der Waals surface area contributed by atoms with E-state index in [1.807, 2.05) is 20.8 Å². The number of nitrogens with two attached hydrogens (primary N) is 1. The van der Waals surface area contributed by atoms with Crippen LogP contribution in [0, 0.1) is 5.92 Å². The molecule has 1 atom stereocenters. The van der Waals surface area contributed by atoms with E-state index in [-0.39, 0.29) is 12.5 Å². The monoisotopic (exact) mass is 244 g/mol. The van der Waals surface area contributed by atoms with E-state index in [9.17, 15) is 9.59 Å². The van der Waals surface area contributed by atoms with E-state index in [1.54, 1.807) is 0 Å². The Balaban J connectivity index is 0. The van der Waals surface area contributed by atoms with Gasteiger partial charge in [-0.1, -0.05) is 41.0 Å². The number of rotatable bonds is 2. The lowest BCUT2D eigenvalue weighted by atomic mass is 9.99. The molecule has 0 spiro atoms.